The molecular formula is C11H16IN. The average Bonchev–Trinajstić information content (AvgIpc) is 2.15. The summed E-state index contributed by atoms with van der Waals surface area (Å²) in [6.45, 7) is 2.23. The van der Waals surface area contributed by atoms with Gasteiger partial charge in [-0.05, 0) is 19.0 Å². The molecule has 0 aliphatic carbocycles. The molecule has 1 nitrogen and oxygen atoms in total. The van der Waals surface area contributed by atoms with Gasteiger partial charge in [0.05, 0.1) is 0 Å². The maximum Gasteiger partial charge on any atom is 0.0440 e. The maximum atomic E-state index is 2.36. The molecule has 0 aromatic heterocycles. The highest BCUT2D eigenvalue weighted by molar-refractivity contribution is 14.1. The van der Waals surface area contributed by atoms with Crippen LogP contribution in [0.2, 0.25) is 0 Å². The normalized spacial score (nSPS) is 13.2. The van der Waals surface area contributed by atoms with E-state index in [1.54, 1.807) is 0 Å². The minimum atomic E-state index is 0.562. The van der Waals surface area contributed by atoms with Gasteiger partial charge in [-0.1, -0.05) is 43.7 Å². The Labute approximate surface area is 94.6 Å². The molecule has 0 fully saturated rings. The van der Waals surface area contributed by atoms with Crippen LogP contribution >= 0.6 is 22.9 Å². The van der Waals surface area contributed by atoms with Crippen LogP contribution < -0.4 is 0 Å². The zero-order chi connectivity index (χ0) is 9.68. The summed E-state index contributed by atoms with van der Waals surface area (Å²) >= 11 is 2.36. The van der Waals surface area contributed by atoms with Gasteiger partial charge in [0.1, 0.15) is 0 Å². The van der Waals surface area contributed by atoms with Crippen LogP contribution in [0.1, 0.15) is 31.4 Å². The molecule has 72 valence electrons. The third kappa shape index (κ3) is 3.27. The first kappa shape index (κ1) is 11.0. The standard InChI is InChI=1S/C11H16IN/c1-3-7-11(13(2)12)10-8-5-4-6-9-10/h4-6,8-9,11H,3,7H2,1-2H3. The summed E-state index contributed by atoms with van der Waals surface area (Å²) in [6, 6.07) is 11.3. The second kappa shape index (κ2) is 5.60. The van der Waals surface area contributed by atoms with E-state index in [4.69, 9.17) is 0 Å². The summed E-state index contributed by atoms with van der Waals surface area (Å²) in [5.41, 5.74) is 1.42. The van der Waals surface area contributed by atoms with Crippen LogP contribution in [0.5, 0.6) is 0 Å². The third-order valence-electron chi connectivity index (χ3n) is 2.18. The Bertz CT molecular complexity index is 233. The zero-order valence-electron chi connectivity index (χ0n) is 8.20. The molecule has 13 heavy (non-hydrogen) atoms. The van der Waals surface area contributed by atoms with Crippen molar-refractivity contribution < 1.29 is 0 Å². The average molecular weight is 289 g/mol. The highest BCUT2D eigenvalue weighted by atomic mass is 127. The second-order valence-corrected chi connectivity index (χ2v) is 4.76. The minimum Gasteiger partial charge on any atom is -0.243 e. The summed E-state index contributed by atoms with van der Waals surface area (Å²) in [5, 5.41) is 0. The van der Waals surface area contributed by atoms with Crippen molar-refractivity contribution >= 4 is 22.9 Å². The number of rotatable bonds is 4. The van der Waals surface area contributed by atoms with E-state index in [0.717, 1.165) is 0 Å². The number of benzene rings is 1. The van der Waals surface area contributed by atoms with E-state index in [2.05, 4.69) is 70.3 Å². The van der Waals surface area contributed by atoms with Gasteiger partial charge in [-0.3, -0.25) is 0 Å². The molecular weight excluding hydrogens is 273 g/mol. The topological polar surface area (TPSA) is 3.24 Å². The lowest BCUT2D eigenvalue weighted by molar-refractivity contribution is 0.421. The molecule has 1 atom stereocenters. The summed E-state index contributed by atoms with van der Waals surface area (Å²) in [6.07, 6.45) is 2.45. The van der Waals surface area contributed by atoms with E-state index in [-0.39, 0.29) is 0 Å². The molecule has 1 aromatic rings. The molecule has 0 amide bonds. The van der Waals surface area contributed by atoms with Gasteiger partial charge >= 0.3 is 0 Å². The molecule has 0 spiro atoms. The monoisotopic (exact) mass is 289 g/mol. The fraction of sp³-hybridized carbons (Fsp3) is 0.455. The van der Waals surface area contributed by atoms with Crippen LogP contribution in [-0.4, -0.2) is 10.2 Å². The smallest absolute Gasteiger partial charge is 0.0440 e. The van der Waals surface area contributed by atoms with Crippen molar-refractivity contribution in [2.45, 2.75) is 25.8 Å². The number of hydrogen-bond donors (Lipinski definition) is 0. The quantitative estimate of drug-likeness (QED) is 0.602. The van der Waals surface area contributed by atoms with Crippen molar-refractivity contribution in [2.75, 3.05) is 7.05 Å². The Kier molecular flexibility index (Phi) is 4.73. The van der Waals surface area contributed by atoms with E-state index >= 15 is 0 Å². The first-order valence-corrected chi connectivity index (χ1v) is 5.65. The molecule has 0 bridgehead atoms. The summed E-state index contributed by atoms with van der Waals surface area (Å²) < 4.78 is 2.26. The lowest BCUT2D eigenvalue weighted by Gasteiger charge is -2.22. The SMILES string of the molecule is CCCC(c1ccccc1)N(C)I. The minimum absolute atomic E-state index is 0.562. The molecule has 2 heteroatoms. The van der Waals surface area contributed by atoms with E-state index in [1.165, 1.54) is 18.4 Å². The molecule has 0 aliphatic heterocycles. The third-order valence-corrected chi connectivity index (χ3v) is 2.85. The van der Waals surface area contributed by atoms with E-state index in [0.29, 0.717) is 6.04 Å². The Balaban J connectivity index is 2.76. The second-order valence-electron chi connectivity index (χ2n) is 3.24. The Morgan fingerprint density at radius 2 is 1.92 bits per heavy atom. The van der Waals surface area contributed by atoms with Gasteiger partial charge in [0.2, 0.25) is 0 Å². The Morgan fingerprint density at radius 1 is 1.31 bits per heavy atom. The van der Waals surface area contributed by atoms with Crippen LogP contribution in [-0.2, 0) is 0 Å². The molecule has 0 radical (unpaired) electrons. The first-order chi connectivity index (χ1) is 6.25. The van der Waals surface area contributed by atoms with Crippen LogP contribution in [0.25, 0.3) is 0 Å². The summed E-state index contributed by atoms with van der Waals surface area (Å²) in [5.74, 6) is 0. The lowest BCUT2D eigenvalue weighted by Crippen LogP contribution is -2.13. The molecule has 0 saturated carbocycles. The number of hydrogen-bond acceptors (Lipinski definition) is 1. The fourth-order valence-electron chi connectivity index (χ4n) is 1.50. The molecule has 0 N–H and O–H groups in total. The van der Waals surface area contributed by atoms with Crippen molar-refractivity contribution in [3.8, 4) is 0 Å². The van der Waals surface area contributed by atoms with Crippen LogP contribution in [0.4, 0.5) is 0 Å². The van der Waals surface area contributed by atoms with Crippen LogP contribution in [0.15, 0.2) is 30.3 Å². The van der Waals surface area contributed by atoms with Gasteiger partial charge in [0.15, 0.2) is 0 Å². The fourth-order valence-corrected chi connectivity index (χ4v) is 2.10. The van der Waals surface area contributed by atoms with E-state index < -0.39 is 0 Å². The van der Waals surface area contributed by atoms with E-state index in [9.17, 15) is 0 Å². The first-order valence-electron chi connectivity index (χ1n) is 4.69. The molecule has 0 aliphatic rings. The molecule has 1 unspecified atom stereocenters. The van der Waals surface area contributed by atoms with Gasteiger partial charge in [-0.2, -0.15) is 0 Å². The number of halogens is 1. The number of nitrogens with zero attached hydrogens (tertiary/aromatic N) is 1. The highest BCUT2D eigenvalue weighted by Crippen LogP contribution is 2.26. The summed E-state index contributed by atoms with van der Waals surface area (Å²) in [4.78, 5) is 0. The van der Waals surface area contributed by atoms with Crippen molar-refractivity contribution in [2.24, 2.45) is 0 Å². The van der Waals surface area contributed by atoms with E-state index in [1.807, 2.05) is 0 Å². The molecule has 0 saturated heterocycles. The van der Waals surface area contributed by atoms with Crippen LogP contribution in [0, 0.1) is 0 Å². The van der Waals surface area contributed by atoms with Crippen LogP contribution in [0.3, 0.4) is 0 Å². The van der Waals surface area contributed by atoms with Gasteiger partial charge in [-0.25, -0.2) is 3.11 Å². The lowest BCUT2D eigenvalue weighted by atomic mass is 10.0. The predicted octanol–water partition coefficient (Wildman–Crippen LogP) is 3.81. The van der Waals surface area contributed by atoms with Gasteiger partial charge in [0, 0.05) is 28.9 Å². The predicted molar refractivity (Wildman–Crippen MR) is 65.9 cm³/mol. The molecule has 1 rings (SSSR count). The Morgan fingerprint density at radius 3 is 2.38 bits per heavy atom. The van der Waals surface area contributed by atoms with Crippen molar-refractivity contribution in [3.05, 3.63) is 35.9 Å². The van der Waals surface area contributed by atoms with Gasteiger partial charge < -0.3 is 0 Å². The molecule has 1 aromatic carbocycles. The maximum absolute atomic E-state index is 2.36. The Hall–Kier alpha value is -0.0900. The van der Waals surface area contributed by atoms with Crippen molar-refractivity contribution in [1.29, 1.82) is 0 Å². The van der Waals surface area contributed by atoms with Gasteiger partial charge in [-0.15, -0.1) is 0 Å². The molecule has 0 heterocycles. The van der Waals surface area contributed by atoms with Crippen molar-refractivity contribution in [3.63, 3.8) is 0 Å². The highest BCUT2D eigenvalue weighted by Gasteiger charge is 2.12. The van der Waals surface area contributed by atoms with Gasteiger partial charge in [0.25, 0.3) is 0 Å². The zero-order valence-corrected chi connectivity index (χ0v) is 10.4. The largest absolute Gasteiger partial charge is 0.243 e. The van der Waals surface area contributed by atoms with Crippen molar-refractivity contribution in [1.82, 2.24) is 3.11 Å². The summed E-state index contributed by atoms with van der Waals surface area (Å²) in [7, 11) is 2.13.